The van der Waals surface area contributed by atoms with Crippen molar-refractivity contribution in [2.45, 2.75) is 25.8 Å². The number of halogens is 1. The number of nitrogens with one attached hydrogen (secondary N) is 1. The predicted octanol–water partition coefficient (Wildman–Crippen LogP) is 2.20. The van der Waals surface area contributed by atoms with Gasteiger partial charge in [-0.3, -0.25) is 0 Å². The maximum Gasteiger partial charge on any atom is 0.130 e. The van der Waals surface area contributed by atoms with Crippen LogP contribution >= 0.6 is 15.9 Å². The molecule has 1 aliphatic rings. The Morgan fingerprint density at radius 2 is 2.42 bits per heavy atom. The van der Waals surface area contributed by atoms with E-state index in [0.29, 0.717) is 0 Å². The molecule has 0 unspecified atom stereocenters. The Morgan fingerprint density at radius 1 is 1.67 bits per heavy atom. The first kappa shape index (κ1) is 8.10. The fraction of sp³-hybridized carbons (Fsp3) is 0.625. The van der Waals surface area contributed by atoms with Gasteiger partial charge in [0.15, 0.2) is 0 Å². The maximum absolute atomic E-state index is 4.37. The molecular weight excluding hydrogens is 218 g/mol. The first-order valence-electron chi connectivity index (χ1n) is 4.09. The van der Waals surface area contributed by atoms with E-state index < -0.39 is 0 Å². The fourth-order valence-electron chi connectivity index (χ4n) is 1.54. The summed E-state index contributed by atoms with van der Waals surface area (Å²) >= 11 is 3.37. The van der Waals surface area contributed by atoms with Crippen LogP contribution in [0.4, 0.5) is 5.82 Å². The smallest absolute Gasteiger partial charge is 0.130 e. The molecule has 0 aliphatic carbocycles. The second-order valence-corrected chi connectivity index (χ2v) is 4.57. The van der Waals surface area contributed by atoms with Crippen LogP contribution in [0.3, 0.4) is 0 Å². The van der Waals surface area contributed by atoms with Crippen LogP contribution in [-0.2, 0) is 5.54 Å². The van der Waals surface area contributed by atoms with Gasteiger partial charge in [-0.2, -0.15) is 5.10 Å². The minimum Gasteiger partial charge on any atom is -0.370 e. The van der Waals surface area contributed by atoms with E-state index in [2.05, 4.69) is 40.2 Å². The second-order valence-electron chi connectivity index (χ2n) is 3.75. The highest BCUT2D eigenvalue weighted by Gasteiger charge is 2.27. The lowest BCUT2D eigenvalue weighted by Crippen LogP contribution is -2.35. The third-order valence-corrected chi connectivity index (χ3v) is 2.68. The van der Waals surface area contributed by atoms with Crippen molar-refractivity contribution in [2.24, 2.45) is 0 Å². The SMILES string of the molecule is CC1(C)CCNc2cc(Br)nn21. The van der Waals surface area contributed by atoms with Gasteiger partial charge in [-0.1, -0.05) is 0 Å². The zero-order valence-corrected chi connectivity index (χ0v) is 8.85. The van der Waals surface area contributed by atoms with Crippen LogP contribution in [0.1, 0.15) is 20.3 Å². The first-order valence-corrected chi connectivity index (χ1v) is 4.89. The Hall–Kier alpha value is -0.510. The topological polar surface area (TPSA) is 29.9 Å². The van der Waals surface area contributed by atoms with Crippen LogP contribution < -0.4 is 5.32 Å². The van der Waals surface area contributed by atoms with Crippen molar-refractivity contribution in [1.82, 2.24) is 9.78 Å². The average molecular weight is 230 g/mol. The van der Waals surface area contributed by atoms with Crippen LogP contribution in [0, 0.1) is 0 Å². The zero-order chi connectivity index (χ0) is 8.77. The quantitative estimate of drug-likeness (QED) is 0.740. The van der Waals surface area contributed by atoms with E-state index in [-0.39, 0.29) is 5.54 Å². The van der Waals surface area contributed by atoms with E-state index in [4.69, 9.17) is 0 Å². The average Bonchev–Trinajstić information content (AvgIpc) is 2.30. The van der Waals surface area contributed by atoms with E-state index in [9.17, 15) is 0 Å². The highest BCUT2D eigenvalue weighted by Crippen LogP contribution is 2.30. The summed E-state index contributed by atoms with van der Waals surface area (Å²) in [5.74, 6) is 1.11. The van der Waals surface area contributed by atoms with Gasteiger partial charge in [-0.15, -0.1) is 0 Å². The monoisotopic (exact) mass is 229 g/mol. The number of hydrogen-bond acceptors (Lipinski definition) is 2. The molecule has 12 heavy (non-hydrogen) atoms. The summed E-state index contributed by atoms with van der Waals surface area (Å²) in [5, 5.41) is 7.68. The molecule has 0 spiro atoms. The van der Waals surface area contributed by atoms with E-state index in [0.717, 1.165) is 23.4 Å². The summed E-state index contributed by atoms with van der Waals surface area (Å²) in [6, 6.07) is 2.01. The lowest BCUT2D eigenvalue weighted by atomic mass is 9.99. The molecule has 0 fully saturated rings. The van der Waals surface area contributed by atoms with Gasteiger partial charge in [0.05, 0.1) is 5.54 Å². The zero-order valence-electron chi connectivity index (χ0n) is 7.26. The Morgan fingerprint density at radius 3 is 3.08 bits per heavy atom. The van der Waals surface area contributed by atoms with E-state index >= 15 is 0 Å². The molecule has 4 heteroatoms. The minimum atomic E-state index is 0.145. The second kappa shape index (κ2) is 2.49. The third kappa shape index (κ3) is 1.14. The summed E-state index contributed by atoms with van der Waals surface area (Å²) in [6.45, 7) is 5.44. The molecule has 0 bridgehead atoms. The molecule has 2 heterocycles. The van der Waals surface area contributed by atoms with Crippen molar-refractivity contribution >= 4 is 21.7 Å². The molecule has 66 valence electrons. The molecule has 0 aromatic carbocycles. The molecule has 1 aromatic rings. The molecule has 1 aliphatic heterocycles. The molecule has 0 atom stereocenters. The Bertz CT molecular complexity index is 303. The van der Waals surface area contributed by atoms with Gasteiger partial charge in [-0.25, -0.2) is 4.68 Å². The van der Waals surface area contributed by atoms with Crippen molar-refractivity contribution in [1.29, 1.82) is 0 Å². The molecule has 0 radical (unpaired) electrons. The number of hydrogen-bond donors (Lipinski definition) is 1. The third-order valence-electron chi connectivity index (χ3n) is 2.30. The van der Waals surface area contributed by atoms with E-state index in [1.165, 1.54) is 0 Å². The summed E-state index contributed by atoms with van der Waals surface area (Å²) in [7, 11) is 0. The van der Waals surface area contributed by atoms with E-state index in [1.807, 2.05) is 10.7 Å². The van der Waals surface area contributed by atoms with Crippen molar-refractivity contribution in [3.05, 3.63) is 10.7 Å². The molecule has 0 saturated carbocycles. The van der Waals surface area contributed by atoms with Crippen molar-refractivity contribution in [2.75, 3.05) is 11.9 Å². The molecule has 0 amide bonds. The predicted molar refractivity (Wildman–Crippen MR) is 52.4 cm³/mol. The van der Waals surface area contributed by atoms with Crippen LogP contribution in [0.25, 0.3) is 0 Å². The van der Waals surface area contributed by atoms with Crippen molar-refractivity contribution < 1.29 is 0 Å². The highest BCUT2D eigenvalue weighted by molar-refractivity contribution is 9.10. The molecule has 0 saturated heterocycles. The summed E-state index contributed by atoms with van der Waals surface area (Å²) < 4.78 is 2.94. The van der Waals surface area contributed by atoms with Gasteiger partial charge >= 0.3 is 0 Å². The van der Waals surface area contributed by atoms with Crippen molar-refractivity contribution in [3.8, 4) is 0 Å². The largest absolute Gasteiger partial charge is 0.370 e. The molecule has 2 rings (SSSR count). The molecule has 1 N–H and O–H groups in total. The molecule has 1 aromatic heterocycles. The fourth-order valence-corrected chi connectivity index (χ4v) is 1.92. The number of aromatic nitrogens is 2. The summed E-state index contributed by atoms with van der Waals surface area (Å²) in [4.78, 5) is 0. The summed E-state index contributed by atoms with van der Waals surface area (Å²) in [6.07, 6.45) is 1.12. The highest BCUT2D eigenvalue weighted by atomic mass is 79.9. The van der Waals surface area contributed by atoms with Crippen LogP contribution in [-0.4, -0.2) is 16.3 Å². The van der Waals surface area contributed by atoms with Gasteiger partial charge in [0.2, 0.25) is 0 Å². The standard InChI is InChI=1S/C8H12BrN3/c1-8(2)3-4-10-7-5-6(9)11-12(7)8/h5,10H,3-4H2,1-2H3. The van der Waals surface area contributed by atoms with Gasteiger partial charge in [0.1, 0.15) is 10.4 Å². The minimum absolute atomic E-state index is 0.145. The Labute approximate surface area is 80.3 Å². The normalized spacial score (nSPS) is 19.9. The number of nitrogens with zero attached hydrogens (tertiary/aromatic N) is 2. The van der Waals surface area contributed by atoms with E-state index in [1.54, 1.807) is 0 Å². The Balaban J connectivity index is 2.51. The van der Waals surface area contributed by atoms with Crippen molar-refractivity contribution in [3.63, 3.8) is 0 Å². The number of anilines is 1. The summed E-state index contributed by atoms with van der Waals surface area (Å²) in [5.41, 5.74) is 0.145. The Kier molecular flexibility index (Phi) is 1.68. The van der Waals surface area contributed by atoms with Gasteiger partial charge in [-0.05, 0) is 36.2 Å². The van der Waals surface area contributed by atoms with Gasteiger partial charge in [0, 0.05) is 12.6 Å². The molecule has 3 nitrogen and oxygen atoms in total. The number of rotatable bonds is 0. The number of fused-ring (bicyclic) bond motifs is 1. The van der Waals surface area contributed by atoms with Gasteiger partial charge in [0.25, 0.3) is 0 Å². The van der Waals surface area contributed by atoms with Crippen LogP contribution in [0.15, 0.2) is 10.7 Å². The van der Waals surface area contributed by atoms with Crippen LogP contribution in [0.2, 0.25) is 0 Å². The van der Waals surface area contributed by atoms with Gasteiger partial charge < -0.3 is 5.32 Å². The lowest BCUT2D eigenvalue weighted by Gasteiger charge is -2.32. The van der Waals surface area contributed by atoms with Crippen LogP contribution in [0.5, 0.6) is 0 Å². The molecular formula is C8H12BrN3. The first-order chi connectivity index (χ1) is 5.59. The maximum atomic E-state index is 4.37. The lowest BCUT2D eigenvalue weighted by molar-refractivity contribution is 0.291.